The number of aliphatic hydroxyl groups is 1. The van der Waals surface area contributed by atoms with Gasteiger partial charge in [0.15, 0.2) is 0 Å². The summed E-state index contributed by atoms with van der Waals surface area (Å²) in [5, 5.41) is 9.47. The van der Waals surface area contributed by atoms with Crippen LogP contribution in [-0.2, 0) is 9.53 Å². The first-order chi connectivity index (χ1) is 8.09. The van der Waals surface area contributed by atoms with Crippen LogP contribution in [0.1, 0.15) is 39.5 Å². The maximum Gasteiger partial charge on any atom is 0.228 e. The van der Waals surface area contributed by atoms with E-state index in [1.54, 1.807) is 6.92 Å². The van der Waals surface area contributed by atoms with Crippen LogP contribution >= 0.6 is 0 Å². The Bertz CT molecular complexity index is 280. The minimum Gasteiger partial charge on any atom is -0.393 e. The molecule has 0 aromatic rings. The largest absolute Gasteiger partial charge is 0.393 e. The van der Waals surface area contributed by atoms with Crippen LogP contribution in [0.25, 0.3) is 0 Å². The predicted octanol–water partition coefficient (Wildman–Crippen LogP) is 1.17. The number of carbonyl (C=O) groups excluding carboxylic acids is 1. The molecule has 0 spiro atoms. The van der Waals surface area contributed by atoms with Crippen LogP contribution in [0.2, 0.25) is 0 Å². The highest BCUT2D eigenvalue weighted by atomic mass is 16.5. The number of likely N-dealkylation sites (tertiary alicyclic amines) is 1. The molecule has 0 saturated carbocycles. The third kappa shape index (κ3) is 2.80. The summed E-state index contributed by atoms with van der Waals surface area (Å²) in [4.78, 5) is 14.4. The lowest BCUT2D eigenvalue weighted by Gasteiger charge is -2.29. The Labute approximate surface area is 103 Å². The van der Waals surface area contributed by atoms with Gasteiger partial charge in [0.2, 0.25) is 5.91 Å². The minimum absolute atomic E-state index is 0.0320. The zero-order chi connectivity index (χ0) is 12.4. The van der Waals surface area contributed by atoms with Crippen LogP contribution in [0.5, 0.6) is 0 Å². The van der Waals surface area contributed by atoms with Crippen molar-refractivity contribution >= 4 is 5.91 Å². The molecule has 98 valence electrons. The number of hydrogen-bond donors (Lipinski definition) is 1. The first kappa shape index (κ1) is 12.8. The molecule has 4 atom stereocenters. The molecule has 1 amide bonds. The molecule has 17 heavy (non-hydrogen) atoms. The van der Waals surface area contributed by atoms with Crippen molar-refractivity contribution in [3.63, 3.8) is 0 Å². The lowest BCUT2D eigenvalue weighted by atomic mass is 9.99. The van der Waals surface area contributed by atoms with E-state index in [2.05, 4.69) is 0 Å². The highest BCUT2D eigenvalue weighted by molar-refractivity contribution is 5.80. The average molecular weight is 241 g/mol. The van der Waals surface area contributed by atoms with E-state index in [0.717, 1.165) is 25.8 Å². The van der Waals surface area contributed by atoms with Gasteiger partial charge in [-0.1, -0.05) is 0 Å². The van der Waals surface area contributed by atoms with Gasteiger partial charge in [-0.3, -0.25) is 4.79 Å². The first-order valence-electron chi connectivity index (χ1n) is 6.69. The number of hydrogen-bond acceptors (Lipinski definition) is 3. The van der Waals surface area contributed by atoms with Gasteiger partial charge in [0.05, 0.1) is 18.1 Å². The monoisotopic (exact) mass is 241 g/mol. The molecule has 1 N–H and O–H groups in total. The summed E-state index contributed by atoms with van der Waals surface area (Å²) in [6.07, 6.45) is 3.36. The van der Waals surface area contributed by atoms with Crippen LogP contribution in [-0.4, -0.2) is 47.3 Å². The smallest absolute Gasteiger partial charge is 0.228 e. The van der Waals surface area contributed by atoms with Crippen molar-refractivity contribution in [2.45, 2.75) is 57.8 Å². The molecule has 0 aliphatic carbocycles. The Morgan fingerprint density at radius 1 is 1.53 bits per heavy atom. The average Bonchev–Trinajstić information content (AvgIpc) is 2.85. The van der Waals surface area contributed by atoms with Gasteiger partial charge in [0, 0.05) is 19.2 Å². The summed E-state index contributed by atoms with van der Waals surface area (Å²) in [6.45, 7) is 5.32. The maximum atomic E-state index is 12.4. The fourth-order valence-electron chi connectivity index (χ4n) is 3.03. The standard InChI is InChI=1S/C13H23NO3/c1-9(15)8-11-4-3-6-14(11)13(16)12-5-7-17-10(12)2/h9-12,15H,3-8H2,1-2H3. The van der Waals surface area contributed by atoms with Gasteiger partial charge >= 0.3 is 0 Å². The van der Waals surface area contributed by atoms with Gasteiger partial charge in [0.25, 0.3) is 0 Å². The fourth-order valence-corrected chi connectivity index (χ4v) is 3.03. The van der Waals surface area contributed by atoms with E-state index in [4.69, 9.17) is 4.74 Å². The lowest BCUT2D eigenvalue weighted by molar-refractivity contribution is -0.138. The summed E-state index contributed by atoms with van der Waals surface area (Å²) in [7, 11) is 0. The normalized spacial score (nSPS) is 35.2. The molecule has 2 saturated heterocycles. The SMILES string of the molecule is CC(O)CC1CCCN1C(=O)C1CCOC1C. The van der Waals surface area contributed by atoms with Crippen molar-refractivity contribution < 1.29 is 14.6 Å². The molecule has 2 heterocycles. The van der Waals surface area contributed by atoms with Gasteiger partial charge in [-0.2, -0.15) is 0 Å². The van der Waals surface area contributed by atoms with E-state index in [0.29, 0.717) is 13.0 Å². The molecule has 0 aromatic carbocycles. The Hall–Kier alpha value is -0.610. The number of rotatable bonds is 3. The zero-order valence-electron chi connectivity index (χ0n) is 10.8. The molecular formula is C13H23NO3. The van der Waals surface area contributed by atoms with Crippen molar-refractivity contribution in [1.29, 1.82) is 0 Å². The molecule has 0 aromatic heterocycles. The van der Waals surface area contributed by atoms with Gasteiger partial charge < -0.3 is 14.7 Å². The summed E-state index contributed by atoms with van der Waals surface area (Å²) in [5.41, 5.74) is 0. The number of nitrogens with zero attached hydrogens (tertiary/aromatic N) is 1. The minimum atomic E-state index is -0.328. The van der Waals surface area contributed by atoms with Gasteiger partial charge in [-0.25, -0.2) is 0 Å². The summed E-state index contributed by atoms with van der Waals surface area (Å²) >= 11 is 0. The lowest BCUT2D eigenvalue weighted by Crippen LogP contribution is -2.42. The second-order valence-corrected chi connectivity index (χ2v) is 5.38. The predicted molar refractivity (Wildman–Crippen MR) is 64.6 cm³/mol. The molecule has 0 bridgehead atoms. The Balaban J connectivity index is 1.97. The number of aliphatic hydroxyl groups excluding tert-OH is 1. The molecule has 0 radical (unpaired) electrons. The third-order valence-corrected chi connectivity index (χ3v) is 3.97. The van der Waals surface area contributed by atoms with Crippen molar-refractivity contribution in [2.24, 2.45) is 5.92 Å². The molecule has 2 aliphatic rings. The van der Waals surface area contributed by atoms with Crippen molar-refractivity contribution in [3.05, 3.63) is 0 Å². The second kappa shape index (κ2) is 5.36. The molecular weight excluding hydrogens is 218 g/mol. The zero-order valence-corrected chi connectivity index (χ0v) is 10.8. The molecule has 4 heteroatoms. The number of amides is 1. The summed E-state index contributed by atoms with van der Waals surface area (Å²) in [6, 6.07) is 0.232. The number of carbonyl (C=O) groups is 1. The fraction of sp³-hybridized carbons (Fsp3) is 0.923. The van der Waals surface area contributed by atoms with E-state index >= 15 is 0 Å². The highest BCUT2D eigenvalue weighted by Crippen LogP contribution is 2.28. The van der Waals surface area contributed by atoms with Crippen LogP contribution in [0, 0.1) is 5.92 Å². The third-order valence-electron chi connectivity index (χ3n) is 3.97. The highest BCUT2D eigenvalue weighted by Gasteiger charge is 2.38. The van der Waals surface area contributed by atoms with Gasteiger partial charge in [-0.15, -0.1) is 0 Å². The van der Waals surface area contributed by atoms with Crippen LogP contribution in [0.15, 0.2) is 0 Å². The van der Waals surface area contributed by atoms with Gasteiger partial charge in [-0.05, 0) is 39.5 Å². The summed E-state index contributed by atoms with van der Waals surface area (Å²) < 4.78 is 5.47. The first-order valence-corrected chi connectivity index (χ1v) is 6.69. The molecule has 2 fully saturated rings. The Morgan fingerprint density at radius 3 is 2.88 bits per heavy atom. The van der Waals surface area contributed by atoms with Crippen molar-refractivity contribution in [1.82, 2.24) is 4.90 Å². The molecule has 2 aliphatic heterocycles. The Kier molecular flexibility index (Phi) is 4.05. The topological polar surface area (TPSA) is 49.8 Å². The van der Waals surface area contributed by atoms with E-state index in [9.17, 15) is 9.90 Å². The van der Waals surface area contributed by atoms with E-state index in [1.807, 2.05) is 11.8 Å². The Morgan fingerprint density at radius 2 is 2.29 bits per heavy atom. The molecule has 2 rings (SSSR count). The molecule has 4 nitrogen and oxygen atoms in total. The van der Waals surface area contributed by atoms with Crippen LogP contribution in [0.4, 0.5) is 0 Å². The second-order valence-electron chi connectivity index (χ2n) is 5.38. The van der Waals surface area contributed by atoms with Crippen molar-refractivity contribution in [3.8, 4) is 0 Å². The summed E-state index contributed by atoms with van der Waals surface area (Å²) in [5.74, 6) is 0.266. The van der Waals surface area contributed by atoms with Crippen molar-refractivity contribution in [2.75, 3.05) is 13.2 Å². The van der Waals surface area contributed by atoms with Crippen LogP contribution in [0.3, 0.4) is 0 Å². The van der Waals surface area contributed by atoms with E-state index in [-0.39, 0.29) is 30.1 Å². The van der Waals surface area contributed by atoms with E-state index in [1.165, 1.54) is 0 Å². The van der Waals surface area contributed by atoms with Gasteiger partial charge in [0.1, 0.15) is 0 Å². The molecule has 4 unspecified atom stereocenters. The number of ether oxygens (including phenoxy) is 1. The van der Waals surface area contributed by atoms with E-state index < -0.39 is 0 Å². The van der Waals surface area contributed by atoms with Crippen LogP contribution < -0.4 is 0 Å². The maximum absolute atomic E-state index is 12.4. The quantitative estimate of drug-likeness (QED) is 0.807.